The van der Waals surface area contributed by atoms with Gasteiger partial charge in [-0.25, -0.2) is 8.42 Å². The Bertz CT molecular complexity index is 1270. The molecule has 3 aliphatic rings. The number of pyridine rings is 1. The maximum absolute atomic E-state index is 13.3. The number of halogens is 3. The SMILES string of the molecule is C=C1/C(=N\C=C(C)C)C(C#N)=C(c2ccc(S(=O)(=O)NC3(C(F)(F)F)CC3)cn2)N1C1CCCC1. The number of nitriles is 1. The van der Waals surface area contributed by atoms with Crippen LogP contribution in [0, 0.1) is 11.3 Å². The van der Waals surface area contributed by atoms with Crippen molar-refractivity contribution in [3.05, 3.63) is 53.6 Å². The van der Waals surface area contributed by atoms with Gasteiger partial charge in [0.2, 0.25) is 10.0 Å². The van der Waals surface area contributed by atoms with Crippen molar-refractivity contribution in [2.45, 2.75) is 75.0 Å². The first-order chi connectivity index (χ1) is 16.4. The van der Waals surface area contributed by atoms with Crippen LogP contribution in [0.3, 0.4) is 0 Å². The lowest BCUT2D eigenvalue weighted by molar-refractivity contribution is -0.160. The van der Waals surface area contributed by atoms with Gasteiger partial charge in [0, 0.05) is 18.4 Å². The Kier molecular flexibility index (Phi) is 6.40. The van der Waals surface area contributed by atoms with Crippen molar-refractivity contribution in [1.82, 2.24) is 14.6 Å². The normalized spacial score (nSPS) is 21.5. The molecule has 11 heteroatoms. The summed E-state index contributed by atoms with van der Waals surface area (Å²) in [7, 11) is -4.44. The first-order valence-electron chi connectivity index (χ1n) is 11.3. The zero-order valence-electron chi connectivity index (χ0n) is 19.5. The molecule has 0 spiro atoms. The summed E-state index contributed by atoms with van der Waals surface area (Å²) in [6.45, 7) is 7.94. The van der Waals surface area contributed by atoms with E-state index in [4.69, 9.17) is 0 Å². The number of sulfonamides is 1. The molecule has 0 amide bonds. The molecule has 1 aliphatic heterocycles. The summed E-state index contributed by atoms with van der Waals surface area (Å²) >= 11 is 0. The van der Waals surface area contributed by atoms with Gasteiger partial charge in [0.25, 0.3) is 0 Å². The van der Waals surface area contributed by atoms with E-state index in [0.717, 1.165) is 37.5 Å². The third-order valence-electron chi connectivity index (χ3n) is 6.44. The van der Waals surface area contributed by atoms with Crippen LogP contribution in [0.4, 0.5) is 13.2 Å². The Morgan fingerprint density at radius 1 is 1.31 bits per heavy atom. The number of aliphatic imine (C=N–C) groups is 1. The molecule has 0 atom stereocenters. The van der Waals surface area contributed by atoms with E-state index in [0.29, 0.717) is 22.8 Å². The summed E-state index contributed by atoms with van der Waals surface area (Å²) < 4.78 is 66.9. The monoisotopic (exact) mass is 505 g/mol. The van der Waals surface area contributed by atoms with Crippen LogP contribution in [-0.2, 0) is 10.0 Å². The van der Waals surface area contributed by atoms with Gasteiger partial charge in [-0.3, -0.25) is 9.98 Å². The predicted molar refractivity (Wildman–Crippen MR) is 125 cm³/mol. The Balaban J connectivity index is 1.73. The Labute approximate surface area is 202 Å². The molecule has 186 valence electrons. The number of aromatic nitrogens is 1. The fourth-order valence-corrected chi connectivity index (χ4v) is 5.84. The lowest BCUT2D eigenvalue weighted by Gasteiger charge is -2.29. The average Bonchev–Trinajstić information content (AvgIpc) is 3.26. The summed E-state index contributed by atoms with van der Waals surface area (Å²) in [5.74, 6) is 0. The standard InChI is InChI=1S/C24H26F3N5O2S/c1-15(2)13-30-21-16(3)32(17-6-4-5-7-17)22(19(21)12-28)20-9-8-18(14-29-20)35(33,34)31-23(10-11-23)24(25,26)27/h8-9,13-14,17,31H,3-7,10-11H2,1-2H3/b30-21+. The summed E-state index contributed by atoms with van der Waals surface area (Å²) in [6.07, 6.45) is 1.25. The van der Waals surface area contributed by atoms with Gasteiger partial charge in [0.1, 0.15) is 27.8 Å². The van der Waals surface area contributed by atoms with Gasteiger partial charge in [-0.2, -0.15) is 23.2 Å². The second-order valence-electron chi connectivity index (χ2n) is 9.34. The molecule has 7 nitrogen and oxygen atoms in total. The van der Waals surface area contributed by atoms with Crippen LogP contribution in [0.25, 0.3) is 5.70 Å². The van der Waals surface area contributed by atoms with Crippen LogP contribution in [0.1, 0.15) is 58.1 Å². The average molecular weight is 506 g/mol. The van der Waals surface area contributed by atoms with Gasteiger partial charge in [-0.15, -0.1) is 0 Å². The highest BCUT2D eigenvalue weighted by molar-refractivity contribution is 7.89. The lowest BCUT2D eigenvalue weighted by atomic mass is 10.1. The minimum Gasteiger partial charge on any atom is -0.334 e. The van der Waals surface area contributed by atoms with E-state index >= 15 is 0 Å². The zero-order valence-corrected chi connectivity index (χ0v) is 20.3. The van der Waals surface area contributed by atoms with Crippen LogP contribution in [-0.4, -0.2) is 41.8 Å². The highest BCUT2D eigenvalue weighted by Gasteiger charge is 2.65. The van der Waals surface area contributed by atoms with Gasteiger partial charge < -0.3 is 4.90 Å². The second-order valence-corrected chi connectivity index (χ2v) is 11.0. The molecule has 2 fully saturated rings. The van der Waals surface area contributed by atoms with E-state index in [1.807, 2.05) is 18.7 Å². The van der Waals surface area contributed by atoms with E-state index in [2.05, 4.69) is 22.6 Å². The van der Waals surface area contributed by atoms with Crippen molar-refractivity contribution < 1.29 is 21.6 Å². The fourth-order valence-electron chi connectivity index (χ4n) is 4.45. The minimum absolute atomic E-state index is 0.0913. The largest absolute Gasteiger partial charge is 0.407 e. The molecule has 35 heavy (non-hydrogen) atoms. The van der Waals surface area contributed by atoms with Crippen molar-refractivity contribution in [3.63, 3.8) is 0 Å². The summed E-state index contributed by atoms with van der Waals surface area (Å²) in [5.41, 5.74) is 0.605. The molecule has 1 N–H and O–H groups in total. The van der Waals surface area contributed by atoms with E-state index < -0.39 is 21.7 Å². The molecule has 2 saturated carbocycles. The smallest absolute Gasteiger partial charge is 0.334 e. The van der Waals surface area contributed by atoms with Gasteiger partial charge in [-0.05, 0) is 51.7 Å². The summed E-state index contributed by atoms with van der Waals surface area (Å²) in [5, 5.41) is 9.99. The third-order valence-corrected chi connectivity index (χ3v) is 7.97. The third kappa shape index (κ3) is 4.65. The number of hydrogen-bond donors (Lipinski definition) is 1. The van der Waals surface area contributed by atoms with E-state index in [1.54, 1.807) is 10.9 Å². The van der Waals surface area contributed by atoms with Crippen LogP contribution in [0.5, 0.6) is 0 Å². The molecule has 0 bridgehead atoms. The summed E-state index contributed by atoms with van der Waals surface area (Å²) in [4.78, 5) is 10.3. The Morgan fingerprint density at radius 3 is 2.46 bits per heavy atom. The number of nitrogens with one attached hydrogen (secondary N) is 1. The molecule has 1 aromatic heterocycles. The number of allylic oxidation sites excluding steroid dienone is 2. The van der Waals surface area contributed by atoms with Crippen molar-refractivity contribution in [1.29, 1.82) is 5.26 Å². The molecule has 1 aromatic rings. The van der Waals surface area contributed by atoms with Gasteiger partial charge in [0.05, 0.1) is 17.1 Å². The summed E-state index contributed by atoms with van der Waals surface area (Å²) in [6, 6.07) is 4.90. The highest BCUT2D eigenvalue weighted by Crippen LogP contribution is 2.49. The second kappa shape index (κ2) is 8.91. The molecular formula is C24H26F3N5O2S. The molecule has 0 radical (unpaired) electrons. The van der Waals surface area contributed by atoms with Crippen molar-refractivity contribution in [2.75, 3.05) is 0 Å². The number of nitrogens with zero attached hydrogens (tertiary/aromatic N) is 4. The fraction of sp³-hybridized carbons (Fsp3) is 0.458. The van der Waals surface area contributed by atoms with Crippen molar-refractivity contribution in [2.24, 2.45) is 4.99 Å². The van der Waals surface area contributed by atoms with Gasteiger partial charge in [-0.1, -0.05) is 25.0 Å². The van der Waals surface area contributed by atoms with E-state index in [9.17, 15) is 26.9 Å². The van der Waals surface area contributed by atoms with Crippen LogP contribution < -0.4 is 4.72 Å². The first kappa shape index (κ1) is 25.1. The Hall–Kier alpha value is -2.97. The molecule has 2 heterocycles. The predicted octanol–water partition coefficient (Wildman–Crippen LogP) is 4.83. The van der Waals surface area contributed by atoms with Crippen molar-refractivity contribution >= 4 is 21.4 Å². The molecule has 4 rings (SSSR count). The topological polar surface area (TPSA) is 98.4 Å². The number of hydrogen-bond acceptors (Lipinski definition) is 6. The number of alkyl halides is 3. The van der Waals surface area contributed by atoms with Gasteiger partial charge in [0.15, 0.2) is 0 Å². The first-order valence-corrected chi connectivity index (χ1v) is 12.8. The van der Waals surface area contributed by atoms with E-state index in [-0.39, 0.29) is 29.4 Å². The molecule has 2 aliphatic carbocycles. The molecule has 0 aromatic carbocycles. The lowest BCUT2D eigenvalue weighted by Crippen LogP contribution is -2.47. The Morgan fingerprint density at radius 2 is 1.97 bits per heavy atom. The minimum atomic E-state index is -4.67. The van der Waals surface area contributed by atoms with Crippen LogP contribution in [0.2, 0.25) is 0 Å². The van der Waals surface area contributed by atoms with Crippen LogP contribution >= 0.6 is 0 Å². The molecular weight excluding hydrogens is 479 g/mol. The maximum Gasteiger partial charge on any atom is 0.407 e. The van der Waals surface area contributed by atoms with E-state index in [1.165, 1.54) is 12.1 Å². The van der Waals surface area contributed by atoms with Gasteiger partial charge >= 0.3 is 6.18 Å². The zero-order chi connectivity index (χ0) is 25.6. The maximum atomic E-state index is 13.3. The molecule has 0 saturated heterocycles. The highest BCUT2D eigenvalue weighted by atomic mass is 32.2. The molecule has 0 unspecified atom stereocenters. The quantitative estimate of drug-likeness (QED) is 0.597. The van der Waals surface area contributed by atoms with Crippen LogP contribution in [0.15, 0.2) is 57.8 Å². The van der Waals surface area contributed by atoms with Crippen molar-refractivity contribution in [3.8, 4) is 6.07 Å². The number of rotatable bonds is 6.